The molecule has 0 radical (unpaired) electrons. The van der Waals surface area contributed by atoms with Crippen molar-refractivity contribution in [2.24, 2.45) is 0 Å². The van der Waals surface area contributed by atoms with Crippen LogP contribution in [0.25, 0.3) is 0 Å². The summed E-state index contributed by atoms with van der Waals surface area (Å²) in [6.45, 7) is 8.10. The number of carbonyl (C=O) groups excluding carboxylic acids is 1. The maximum absolute atomic E-state index is 11.7. The molecule has 0 saturated heterocycles. The van der Waals surface area contributed by atoms with E-state index in [1.807, 2.05) is 31.4 Å². The first kappa shape index (κ1) is 17.0. The maximum atomic E-state index is 11.7. The quantitative estimate of drug-likeness (QED) is 0.801. The zero-order valence-corrected chi connectivity index (χ0v) is 15.5. The molecule has 1 aromatic carbocycles. The average Bonchev–Trinajstić information content (AvgIpc) is 2.87. The summed E-state index contributed by atoms with van der Waals surface area (Å²) in [5.41, 5.74) is 1.91. The molecular formula is C16H20BrN3OS. The molecule has 4 nitrogen and oxygen atoms in total. The normalized spacial score (nSPS) is 11.5. The van der Waals surface area contributed by atoms with Crippen LogP contribution in [-0.4, -0.2) is 17.1 Å². The standard InChI is InChI=1S/C16H20BrN3OS/c1-10(2)18-14(21)20-15-19-13(9-22-15)16(3,4)11-5-7-12(17)8-6-11/h5-10H,1-4H3,(H2,18,19,20,21). The molecule has 0 aliphatic carbocycles. The van der Waals surface area contributed by atoms with Gasteiger partial charge in [0.1, 0.15) is 0 Å². The first-order valence-corrected chi connectivity index (χ1v) is 8.76. The topological polar surface area (TPSA) is 54.0 Å². The number of hydrogen-bond acceptors (Lipinski definition) is 3. The fourth-order valence-electron chi connectivity index (χ4n) is 2.03. The fraction of sp³-hybridized carbons (Fsp3) is 0.375. The van der Waals surface area contributed by atoms with Gasteiger partial charge < -0.3 is 5.32 Å². The first-order valence-electron chi connectivity index (χ1n) is 7.08. The van der Waals surface area contributed by atoms with Crippen molar-refractivity contribution in [3.63, 3.8) is 0 Å². The van der Waals surface area contributed by atoms with Crippen molar-refractivity contribution in [3.05, 3.63) is 45.4 Å². The van der Waals surface area contributed by atoms with Gasteiger partial charge >= 0.3 is 6.03 Å². The molecule has 0 spiro atoms. The van der Waals surface area contributed by atoms with Crippen LogP contribution >= 0.6 is 27.3 Å². The number of carbonyl (C=O) groups is 1. The number of anilines is 1. The third-order valence-corrected chi connectivity index (χ3v) is 4.64. The number of hydrogen-bond donors (Lipinski definition) is 2. The molecule has 0 fully saturated rings. The molecule has 2 N–H and O–H groups in total. The summed E-state index contributed by atoms with van der Waals surface area (Å²) in [4.78, 5) is 16.3. The Kier molecular flexibility index (Phi) is 5.24. The lowest BCUT2D eigenvalue weighted by Gasteiger charge is -2.23. The van der Waals surface area contributed by atoms with Gasteiger partial charge in [0.2, 0.25) is 0 Å². The van der Waals surface area contributed by atoms with Crippen molar-refractivity contribution in [1.29, 1.82) is 0 Å². The van der Waals surface area contributed by atoms with Crippen LogP contribution in [0.15, 0.2) is 34.1 Å². The van der Waals surface area contributed by atoms with E-state index < -0.39 is 0 Å². The van der Waals surface area contributed by atoms with Gasteiger partial charge in [0, 0.05) is 21.3 Å². The maximum Gasteiger partial charge on any atom is 0.321 e. The third kappa shape index (κ3) is 4.08. The Morgan fingerprint density at radius 2 is 1.91 bits per heavy atom. The lowest BCUT2D eigenvalue weighted by Crippen LogP contribution is -2.34. The molecule has 6 heteroatoms. The molecule has 0 unspecified atom stereocenters. The van der Waals surface area contributed by atoms with Gasteiger partial charge in [0.05, 0.1) is 5.69 Å². The van der Waals surface area contributed by atoms with Crippen LogP contribution in [0.2, 0.25) is 0 Å². The number of urea groups is 1. The summed E-state index contributed by atoms with van der Waals surface area (Å²) in [5.74, 6) is 0. The zero-order valence-electron chi connectivity index (χ0n) is 13.1. The number of nitrogens with one attached hydrogen (secondary N) is 2. The Bertz CT molecular complexity index is 650. The number of benzene rings is 1. The molecule has 0 atom stereocenters. The smallest absolute Gasteiger partial charge is 0.321 e. The van der Waals surface area contributed by atoms with Crippen molar-refractivity contribution in [1.82, 2.24) is 10.3 Å². The van der Waals surface area contributed by atoms with Crippen LogP contribution in [0.4, 0.5) is 9.93 Å². The Morgan fingerprint density at radius 1 is 1.27 bits per heavy atom. The molecule has 0 aliphatic rings. The molecule has 22 heavy (non-hydrogen) atoms. The molecule has 1 heterocycles. The second-order valence-electron chi connectivity index (χ2n) is 5.92. The summed E-state index contributed by atoms with van der Waals surface area (Å²) in [6.07, 6.45) is 0. The SMILES string of the molecule is CC(C)NC(=O)Nc1nc(C(C)(C)c2ccc(Br)cc2)cs1. The summed E-state index contributed by atoms with van der Waals surface area (Å²) in [6, 6.07) is 8.09. The van der Waals surface area contributed by atoms with Crippen molar-refractivity contribution in [2.75, 3.05) is 5.32 Å². The van der Waals surface area contributed by atoms with E-state index in [4.69, 9.17) is 0 Å². The molecule has 0 aliphatic heterocycles. The van der Waals surface area contributed by atoms with Crippen LogP contribution in [0.5, 0.6) is 0 Å². The minimum Gasteiger partial charge on any atom is -0.336 e. The van der Waals surface area contributed by atoms with Crippen LogP contribution in [-0.2, 0) is 5.41 Å². The average molecular weight is 382 g/mol. The van der Waals surface area contributed by atoms with Crippen LogP contribution < -0.4 is 10.6 Å². The Balaban J connectivity index is 2.16. The van der Waals surface area contributed by atoms with Crippen molar-refractivity contribution >= 4 is 38.4 Å². The second kappa shape index (κ2) is 6.79. The highest BCUT2D eigenvalue weighted by Crippen LogP contribution is 2.33. The molecule has 118 valence electrons. The van der Waals surface area contributed by atoms with E-state index in [0.29, 0.717) is 5.13 Å². The molecule has 2 aromatic rings. The summed E-state index contributed by atoms with van der Waals surface area (Å²) < 4.78 is 1.05. The summed E-state index contributed by atoms with van der Waals surface area (Å²) in [5, 5.41) is 8.17. The second-order valence-corrected chi connectivity index (χ2v) is 7.70. The first-order chi connectivity index (χ1) is 10.3. The minimum absolute atomic E-state index is 0.0960. The van der Waals surface area contributed by atoms with Crippen molar-refractivity contribution < 1.29 is 4.79 Å². The number of thiazole rings is 1. The molecule has 1 aromatic heterocycles. The monoisotopic (exact) mass is 381 g/mol. The zero-order chi connectivity index (χ0) is 16.3. The highest BCUT2D eigenvalue weighted by Gasteiger charge is 2.26. The van der Waals surface area contributed by atoms with Crippen molar-refractivity contribution in [2.45, 2.75) is 39.2 Å². The Labute approximate surface area is 143 Å². The van der Waals surface area contributed by atoms with E-state index in [-0.39, 0.29) is 17.5 Å². The number of halogens is 1. The molecule has 2 rings (SSSR count). The Morgan fingerprint density at radius 3 is 2.50 bits per heavy atom. The van der Waals surface area contributed by atoms with Crippen LogP contribution in [0.1, 0.15) is 39.0 Å². The van der Waals surface area contributed by atoms with Gasteiger partial charge in [-0.2, -0.15) is 0 Å². The Hall–Kier alpha value is -1.40. The molecule has 2 amide bonds. The molecule has 0 saturated carbocycles. The van der Waals surface area contributed by atoms with Gasteiger partial charge in [-0.05, 0) is 31.5 Å². The fourth-order valence-corrected chi connectivity index (χ4v) is 3.17. The van der Waals surface area contributed by atoms with Gasteiger partial charge in [0.25, 0.3) is 0 Å². The lowest BCUT2D eigenvalue weighted by molar-refractivity contribution is 0.250. The predicted octanol–water partition coefficient (Wildman–Crippen LogP) is 4.76. The van der Waals surface area contributed by atoms with E-state index in [1.54, 1.807) is 0 Å². The number of nitrogens with zero attached hydrogens (tertiary/aromatic N) is 1. The van der Waals surface area contributed by atoms with E-state index in [9.17, 15) is 4.79 Å². The van der Waals surface area contributed by atoms with E-state index in [2.05, 4.69) is 57.5 Å². The van der Waals surface area contributed by atoms with E-state index in [0.717, 1.165) is 10.2 Å². The van der Waals surface area contributed by atoms with E-state index in [1.165, 1.54) is 16.9 Å². The van der Waals surface area contributed by atoms with Gasteiger partial charge in [-0.15, -0.1) is 11.3 Å². The van der Waals surface area contributed by atoms with Crippen molar-refractivity contribution in [3.8, 4) is 0 Å². The van der Waals surface area contributed by atoms with Gasteiger partial charge in [-0.1, -0.05) is 41.9 Å². The predicted molar refractivity (Wildman–Crippen MR) is 95.7 cm³/mol. The summed E-state index contributed by atoms with van der Waals surface area (Å²) in [7, 11) is 0. The molecule has 0 bridgehead atoms. The molecular weight excluding hydrogens is 362 g/mol. The van der Waals surface area contributed by atoms with E-state index >= 15 is 0 Å². The van der Waals surface area contributed by atoms with Gasteiger partial charge in [-0.3, -0.25) is 5.32 Å². The minimum atomic E-state index is -0.225. The third-order valence-electron chi connectivity index (χ3n) is 3.35. The largest absolute Gasteiger partial charge is 0.336 e. The van der Waals surface area contributed by atoms with Gasteiger partial charge in [-0.25, -0.2) is 9.78 Å². The number of amides is 2. The highest BCUT2D eigenvalue weighted by molar-refractivity contribution is 9.10. The van der Waals surface area contributed by atoms with Gasteiger partial charge in [0.15, 0.2) is 5.13 Å². The lowest BCUT2D eigenvalue weighted by atomic mass is 9.82. The summed E-state index contributed by atoms with van der Waals surface area (Å²) >= 11 is 4.89. The number of rotatable bonds is 4. The van der Waals surface area contributed by atoms with Crippen LogP contribution in [0.3, 0.4) is 0 Å². The number of aromatic nitrogens is 1. The highest BCUT2D eigenvalue weighted by atomic mass is 79.9. The van der Waals surface area contributed by atoms with Crippen LogP contribution in [0, 0.1) is 0 Å².